The van der Waals surface area contributed by atoms with Gasteiger partial charge in [0.15, 0.2) is 0 Å². The molecule has 0 saturated carbocycles. The number of carbonyl (C=O) groups is 3. The van der Waals surface area contributed by atoms with Crippen LogP contribution in [0.2, 0.25) is 0 Å². The molecular weight excluding hydrogens is 397 g/mol. The Morgan fingerprint density at radius 1 is 0.968 bits per heavy atom. The number of nitrogens with zero attached hydrogens (tertiary/aromatic N) is 3. The van der Waals surface area contributed by atoms with Gasteiger partial charge in [-0.15, -0.1) is 0 Å². The number of fused-ring (bicyclic) bond motifs is 1. The molecule has 166 valence electrons. The third kappa shape index (κ3) is 4.23. The number of benzene rings is 1. The van der Waals surface area contributed by atoms with E-state index >= 15 is 0 Å². The zero-order valence-corrected chi connectivity index (χ0v) is 18.2. The molecule has 1 aromatic rings. The first-order chi connectivity index (χ1) is 14.9. The summed E-state index contributed by atoms with van der Waals surface area (Å²) in [5.41, 5.74) is 0.925. The van der Waals surface area contributed by atoms with Crippen molar-refractivity contribution in [1.82, 2.24) is 9.80 Å². The van der Waals surface area contributed by atoms with Crippen molar-refractivity contribution in [3.63, 3.8) is 0 Å². The molecule has 3 amide bonds. The Balaban J connectivity index is 1.47. The van der Waals surface area contributed by atoms with Crippen molar-refractivity contribution in [3.8, 4) is 0 Å². The SMILES string of the molecule is CC(C)CC(C(=O)N1CCN(c2ccc(F)cc2)CC1)N1C(=O)C2CC=CCC2C1=O. The Labute approximate surface area is 182 Å². The predicted molar refractivity (Wildman–Crippen MR) is 116 cm³/mol. The number of allylic oxidation sites excluding steroid dienone is 2. The second kappa shape index (κ2) is 8.81. The van der Waals surface area contributed by atoms with E-state index in [0.717, 1.165) is 5.69 Å². The number of amides is 3. The fourth-order valence-corrected chi connectivity index (χ4v) is 4.94. The van der Waals surface area contributed by atoms with Crippen molar-refractivity contribution in [3.05, 3.63) is 42.2 Å². The minimum Gasteiger partial charge on any atom is -0.368 e. The molecule has 2 fully saturated rings. The van der Waals surface area contributed by atoms with Crippen LogP contribution >= 0.6 is 0 Å². The first kappa shape index (κ1) is 21.5. The molecule has 31 heavy (non-hydrogen) atoms. The molecule has 1 aromatic carbocycles. The van der Waals surface area contributed by atoms with E-state index in [1.807, 2.05) is 26.0 Å². The fourth-order valence-electron chi connectivity index (χ4n) is 4.94. The molecule has 6 nitrogen and oxygen atoms in total. The predicted octanol–water partition coefficient (Wildman–Crippen LogP) is 2.84. The monoisotopic (exact) mass is 427 g/mol. The molecule has 7 heteroatoms. The second-order valence-electron chi connectivity index (χ2n) is 9.14. The summed E-state index contributed by atoms with van der Waals surface area (Å²) in [5, 5.41) is 0. The molecule has 3 atom stereocenters. The zero-order valence-electron chi connectivity index (χ0n) is 18.2. The van der Waals surface area contributed by atoms with Gasteiger partial charge in [-0.25, -0.2) is 4.39 Å². The van der Waals surface area contributed by atoms with E-state index in [9.17, 15) is 18.8 Å². The summed E-state index contributed by atoms with van der Waals surface area (Å²) < 4.78 is 13.2. The van der Waals surface area contributed by atoms with Gasteiger partial charge in [-0.3, -0.25) is 19.3 Å². The highest BCUT2D eigenvalue weighted by atomic mass is 19.1. The van der Waals surface area contributed by atoms with Crippen LogP contribution < -0.4 is 4.90 Å². The summed E-state index contributed by atoms with van der Waals surface area (Å²) in [6.45, 7) is 6.29. The lowest BCUT2D eigenvalue weighted by Crippen LogP contribution is -2.56. The number of hydrogen-bond acceptors (Lipinski definition) is 4. The normalized spacial score (nSPS) is 24.7. The highest BCUT2D eigenvalue weighted by Gasteiger charge is 2.51. The lowest BCUT2D eigenvalue weighted by molar-refractivity contribution is -0.152. The van der Waals surface area contributed by atoms with Crippen LogP contribution in [0.15, 0.2) is 36.4 Å². The summed E-state index contributed by atoms with van der Waals surface area (Å²) >= 11 is 0. The smallest absolute Gasteiger partial charge is 0.246 e. The van der Waals surface area contributed by atoms with Crippen LogP contribution in [-0.2, 0) is 14.4 Å². The van der Waals surface area contributed by atoms with Crippen LogP contribution in [0.5, 0.6) is 0 Å². The molecule has 4 rings (SSSR count). The van der Waals surface area contributed by atoms with Gasteiger partial charge in [-0.1, -0.05) is 26.0 Å². The van der Waals surface area contributed by atoms with Crippen molar-refractivity contribution >= 4 is 23.4 Å². The minimum atomic E-state index is -0.733. The van der Waals surface area contributed by atoms with Crippen molar-refractivity contribution < 1.29 is 18.8 Å². The number of piperazine rings is 1. The number of rotatable bonds is 5. The summed E-state index contributed by atoms with van der Waals surface area (Å²) in [6.07, 6.45) is 5.55. The summed E-state index contributed by atoms with van der Waals surface area (Å²) in [7, 11) is 0. The Hall–Kier alpha value is -2.70. The number of anilines is 1. The van der Waals surface area contributed by atoms with Gasteiger partial charge in [-0.2, -0.15) is 0 Å². The van der Waals surface area contributed by atoms with Gasteiger partial charge in [0.1, 0.15) is 11.9 Å². The average molecular weight is 428 g/mol. The Morgan fingerprint density at radius 3 is 2.03 bits per heavy atom. The van der Waals surface area contributed by atoms with Crippen molar-refractivity contribution in [1.29, 1.82) is 0 Å². The number of carbonyl (C=O) groups excluding carboxylic acids is 3. The van der Waals surface area contributed by atoms with Gasteiger partial charge in [0.05, 0.1) is 11.8 Å². The Morgan fingerprint density at radius 2 is 1.52 bits per heavy atom. The fraction of sp³-hybridized carbons (Fsp3) is 0.542. The number of halogens is 1. The lowest BCUT2D eigenvalue weighted by Gasteiger charge is -2.39. The lowest BCUT2D eigenvalue weighted by atomic mass is 9.85. The van der Waals surface area contributed by atoms with E-state index in [-0.39, 0.29) is 41.3 Å². The van der Waals surface area contributed by atoms with Gasteiger partial charge >= 0.3 is 0 Å². The maximum Gasteiger partial charge on any atom is 0.246 e. The second-order valence-corrected chi connectivity index (χ2v) is 9.14. The van der Waals surface area contributed by atoms with Gasteiger partial charge in [-0.05, 0) is 49.4 Å². The number of likely N-dealkylation sites (tertiary alicyclic amines) is 1. The third-order valence-electron chi connectivity index (χ3n) is 6.62. The first-order valence-corrected chi connectivity index (χ1v) is 11.2. The molecule has 3 aliphatic rings. The quantitative estimate of drug-likeness (QED) is 0.536. The van der Waals surface area contributed by atoms with Crippen LogP contribution in [0.4, 0.5) is 10.1 Å². The Kier molecular flexibility index (Phi) is 6.12. The molecular formula is C24H30FN3O3. The van der Waals surface area contributed by atoms with Crippen LogP contribution in [-0.4, -0.2) is 59.7 Å². The summed E-state index contributed by atoms with van der Waals surface area (Å²) in [5.74, 6) is -1.27. The van der Waals surface area contributed by atoms with E-state index < -0.39 is 6.04 Å². The maximum atomic E-state index is 13.5. The number of hydrogen-bond donors (Lipinski definition) is 0. The molecule has 2 saturated heterocycles. The molecule has 2 heterocycles. The van der Waals surface area contributed by atoms with Crippen molar-refractivity contribution in [2.75, 3.05) is 31.1 Å². The van der Waals surface area contributed by atoms with Crippen LogP contribution in [0.25, 0.3) is 0 Å². The molecule has 0 N–H and O–H groups in total. The highest BCUT2D eigenvalue weighted by Crippen LogP contribution is 2.37. The van der Waals surface area contributed by atoms with Crippen molar-refractivity contribution in [2.45, 2.75) is 39.2 Å². The van der Waals surface area contributed by atoms with Crippen LogP contribution in [0.3, 0.4) is 0 Å². The maximum absolute atomic E-state index is 13.5. The molecule has 3 unspecified atom stereocenters. The highest BCUT2D eigenvalue weighted by molar-refractivity contribution is 6.08. The van der Waals surface area contributed by atoms with E-state index in [4.69, 9.17) is 0 Å². The molecule has 2 aliphatic heterocycles. The van der Waals surface area contributed by atoms with E-state index in [1.165, 1.54) is 17.0 Å². The molecule has 0 aromatic heterocycles. The van der Waals surface area contributed by atoms with Crippen LogP contribution in [0, 0.1) is 23.6 Å². The zero-order chi connectivity index (χ0) is 22.1. The average Bonchev–Trinajstić information content (AvgIpc) is 3.02. The van der Waals surface area contributed by atoms with Gasteiger partial charge in [0, 0.05) is 31.9 Å². The van der Waals surface area contributed by atoms with E-state index in [0.29, 0.717) is 45.4 Å². The van der Waals surface area contributed by atoms with Crippen LogP contribution in [0.1, 0.15) is 33.1 Å². The Bertz CT molecular complexity index is 849. The van der Waals surface area contributed by atoms with Gasteiger partial charge in [0.2, 0.25) is 17.7 Å². The molecule has 0 radical (unpaired) electrons. The van der Waals surface area contributed by atoms with Gasteiger partial charge in [0.25, 0.3) is 0 Å². The molecule has 0 spiro atoms. The molecule has 1 aliphatic carbocycles. The number of imide groups is 1. The molecule has 0 bridgehead atoms. The minimum absolute atomic E-state index is 0.138. The van der Waals surface area contributed by atoms with E-state index in [2.05, 4.69) is 4.90 Å². The summed E-state index contributed by atoms with van der Waals surface area (Å²) in [4.78, 5) is 44.9. The first-order valence-electron chi connectivity index (χ1n) is 11.2. The van der Waals surface area contributed by atoms with Crippen molar-refractivity contribution in [2.24, 2.45) is 17.8 Å². The van der Waals surface area contributed by atoms with E-state index in [1.54, 1.807) is 17.0 Å². The van der Waals surface area contributed by atoms with Gasteiger partial charge < -0.3 is 9.80 Å². The topological polar surface area (TPSA) is 60.9 Å². The standard InChI is InChI=1S/C24H30FN3O3/c1-16(2)15-21(28-22(29)19-5-3-4-6-20(19)23(28)30)24(31)27-13-11-26(12-14-27)18-9-7-17(25)8-10-18/h3-4,7-10,16,19-21H,5-6,11-15H2,1-2H3. The summed E-state index contributed by atoms with van der Waals surface area (Å²) in [6, 6.07) is 5.62. The third-order valence-corrected chi connectivity index (χ3v) is 6.62. The largest absolute Gasteiger partial charge is 0.368 e.